The Balaban J connectivity index is 1.80. The van der Waals surface area contributed by atoms with Gasteiger partial charge in [-0.15, -0.1) is 5.10 Å². The topological polar surface area (TPSA) is 121 Å². The van der Waals surface area contributed by atoms with Gasteiger partial charge in [-0.3, -0.25) is 4.79 Å². The zero-order valence-corrected chi connectivity index (χ0v) is 14.4. The van der Waals surface area contributed by atoms with Gasteiger partial charge in [0.1, 0.15) is 11.9 Å². The highest BCUT2D eigenvalue weighted by Gasteiger charge is 2.41. The first-order chi connectivity index (χ1) is 12.4. The van der Waals surface area contributed by atoms with Crippen molar-refractivity contribution in [2.75, 3.05) is 13.1 Å². The van der Waals surface area contributed by atoms with Crippen LogP contribution in [-0.4, -0.2) is 65.9 Å². The molecule has 1 saturated heterocycles. The van der Waals surface area contributed by atoms with Gasteiger partial charge >= 0.3 is 5.97 Å². The molecule has 26 heavy (non-hydrogen) atoms. The molecule has 9 heteroatoms. The number of aliphatic carboxylic acids is 1. The molecule has 138 valence electrons. The number of benzene rings is 1. The Morgan fingerprint density at radius 2 is 1.88 bits per heavy atom. The molecule has 1 aliphatic heterocycles. The van der Waals surface area contributed by atoms with Crippen LogP contribution in [0.15, 0.2) is 30.3 Å². The van der Waals surface area contributed by atoms with Crippen molar-refractivity contribution in [3.63, 3.8) is 0 Å². The summed E-state index contributed by atoms with van der Waals surface area (Å²) in [4.78, 5) is 25.9. The molecule has 9 nitrogen and oxygen atoms in total. The van der Waals surface area contributed by atoms with Crippen LogP contribution in [0.25, 0.3) is 0 Å². The van der Waals surface area contributed by atoms with Crippen LogP contribution in [0, 0.1) is 6.92 Å². The maximum atomic E-state index is 13.1. The Bertz CT molecular complexity index is 783. The van der Waals surface area contributed by atoms with E-state index in [1.54, 1.807) is 11.8 Å². The highest BCUT2D eigenvalue weighted by Crippen LogP contribution is 2.25. The van der Waals surface area contributed by atoms with Crippen LogP contribution in [0.2, 0.25) is 0 Å². The molecule has 1 aliphatic rings. The number of tetrazole rings is 1. The number of likely N-dealkylation sites (tertiary alicyclic amines) is 1. The molecule has 1 fully saturated rings. The third-order valence-corrected chi connectivity index (χ3v) is 4.81. The Morgan fingerprint density at radius 1 is 1.23 bits per heavy atom. The van der Waals surface area contributed by atoms with Gasteiger partial charge in [0.25, 0.3) is 0 Å². The lowest BCUT2D eigenvalue weighted by atomic mass is 9.91. The molecule has 2 heterocycles. The Labute approximate surface area is 150 Å². The fourth-order valence-electron chi connectivity index (χ4n) is 3.16. The smallest absolute Gasteiger partial charge is 0.335 e. The average Bonchev–Trinajstić information content (AvgIpc) is 3.06. The van der Waals surface area contributed by atoms with E-state index in [0.717, 1.165) is 5.56 Å². The molecule has 1 amide bonds. The molecule has 1 aromatic heterocycles. The second-order valence-corrected chi connectivity index (χ2v) is 6.54. The number of aromatic nitrogens is 4. The normalized spacial score (nSPS) is 17.7. The summed E-state index contributed by atoms with van der Waals surface area (Å²) in [6.07, 6.45) is 0.423. The fraction of sp³-hybridized carbons (Fsp3) is 0.471. The number of piperidine rings is 1. The lowest BCUT2D eigenvalue weighted by molar-refractivity contribution is -0.165. The minimum Gasteiger partial charge on any atom is -0.479 e. The number of carbonyl (C=O) groups is 2. The van der Waals surface area contributed by atoms with Crippen LogP contribution < -0.4 is 0 Å². The minimum absolute atomic E-state index is 0.000714. The first kappa shape index (κ1) is 18.0. The SMILES string of the molecule is Cc1nnnn1C(Cc1ccccc1)C(=O)N1CCC(O)(C(=O)O)CC1. The summed E-state index contributed by atoms with van der Waals surface area (Å²) in [7, 11) is 0. The third-order valence-electron chi connectivity index (χ3n) is 4.81. The second kappa shape index (κ2) is 7.20. The van der Waals surface area contributed by atoms with E-state index in [4.69, 9.17) is 5.11 Å². The van der Waals surface area contributed by atoms with Crippen molar-refractivity contribution in [3.8, 4) is 0 Å². The summed E-state index contributed by atoms with van der Waals surface area (Å²) in [6, 6.07) is 8.94. The van der Waals surface area contributed by atoms with Crippen LogP contribution in [0.4, 0.5) is 0 Å². The zero-order chi connectivity index (χ0) is 18.7. The summed E-state index contributed by atoms with van der Waals surface area (Å²) < 4.78 is 1.49. The first-order valence-corrected chi connectivity index (χ1v) is 8.44. The van der Waals surface area contributed by atoms with Crippen molar-refractivity contribution >= 4 is 11.9 Å². The molecule has 1 atom stereocenters. The first-order valence-electron chi connectivity index (χ1n) is 8.44. The highest BCUT2D eigenvalue weighted by atomic mass is 16.4. The van der Waals surface area contributed by atoms with Gasteiger partial charge in [-0.05, 0) is 22.9 Å². The van der Waals surface area contributed by atoms with E-state index in [1.165, 1.54) is 4.68 Å². The van der Waals surface area contributed by atoms with Gasteiger partial charge < -0.3 is 15.1 Å². The van der Waals surface area contributed by atoms with Crippen LogP contribution in [0.5, 0.6) is 0 Å². The van der Waals surface area contributed by atoms with E-state index < -0.39 is 17.6 Å². The predicted octanol–water partition coefficient (Wildman–Crippen LogP) is 0.203. The number of carboxylic acid groups (broad SMARTS) is 1. The molecule has 1 unspecified atom stereocenters. The van der Waals surface area contributed by atoms with Crippen LogP contribution in [-0.2, 0) is 16.0 Å². The van der Waals surface area contributed by atoms with E-state index in [1.807, 2.05) is 30.3 Å². The molecule has 2 N–H and O–H groups in total. The predicted molar refractivity (Wildman–Crippen MR) is 90.1 cm³/mol. The maximum absolute atomic E-state index is 13.1. The molecular formula is C17H21N5O4. The van der Waals surface area contributed by atoms with E-state index >= 15 is 0 Å². The zero-order valence-electron chi connectivity index (χ0n) is 14.4. The van der Waals surface area contributed by atoms with Gasteiger partial charge in [-0.25, -0.2) is 9.48 Å². The van der Waals surface area contributed by atoms with Crippen molar-refractivity contribution in [3.05, 3.63) is 41.7 Å². The largest absolute Gasteiger partial charge is 0.479 e. The molecule has 0 spiro atoms. The van der Waals surface area contributed by atoms with E-state index in [-0.39, 0.29) is 31.8 Å². The standard InChI is InChI=1S/C17H21N5O4/c1-12-18-19-20-22(12)14(11-13-5-3-2-4-6-13)15(23)21-9-7-17(26,8-10-21)16(24)25/h2-6,14,26H,7-11H2,1H3,(H,24,25). The van der Waals surface area contributed by atoms with Gasteiger partial charge in [0.05, 0.1) is 0 Å². The number of rotatable bonds is 5. The summed E-state index contributed by atoms with van der Waals surface area (Å²) >= 11 is 0. The van der Waals surface area contributed by atoms with E-state index in [2.05, 4.69) is 15.5 Å². The number of hydrogen-bond donors (Lipinski definition) is 2. The Hall–Kier alpha value is -2.81. The maximum Gasteiger partial charge on any atom is 0.335 e. The highest BCUT2D eigenvalue weighted by molar-refractivity contribution is 5.82. The van der Waals surface area contributed by atoms with Crippen LogP contribution in [0.1, 0.15) is 30.3 Å². The molecular weight excluding hydrogens is 338 g/mol. The number of carbonyl (C=O) groups excluding carboxylic acids is 1. The summed E-state index contributed by atoms with van der Waals surface area (Å²) in [6.45, 7) is 2.08. The lowest BCUT2D eigenvalue weighted by Gasteiger charge is -2.36. The summed E-state index contributed by atoms with van der Waals surface area (Å²) in [5.41, 5.74) is -0.795. The molecule has 1 aromatic carbocycles. The van der Waals surface area contributed by atoms with E-state index in [9.17, 15) is 14.7 Å². The molecule has 2 aromatic rings. The van der Waals surface area contributed by atoms with Gasteiger partial charge in [-0.2, -0.15) is 0 Å². The van der Waals surface area contributed by atoms with Gasteiger partial charge in [0, 0.05) is 32.4 Å². The second-order valence-electron chi connectivity index (χ2n) is 6.54. The Kier molecular flexibility index (Phi) is 4.99. The number of carboxylic acids is 1. The van der Waals surface area contributed by atoms with Crippen LogP contribution in [0.3, 0.4) is 0 Å². The molecule has 0 bridgehead atoms. The molecule has 0 saturated carbocycles. The van der Waals surface area contributed by atoms with Gasteiger partial charge in [0.15, 0.2) is 5.60 Å². The average molecular weight is 359 g/mol. The van der Waals surface area contributed by atoms with E-state index in [0.29, 0.717) is 12.2 Å². The number of aryl methyl sites for hydroxylation is 1. The monoisotopic (exact) mass is 359 g/mol. The number of amides is 1. The number of nitrogens with zero attached hydrogens (tertiary/aromatic N) is 5. The minimum atomic E-state index is -1.77. The number of aliphatic hydroxyl groups is 1. The summed E-state index contributed by atoms with van der Waals surface area (Å²) in [5.74, 6) is -0.906. The van der Waals surface area contributed by atoms with Crippen molar-refractivity contribution in [1.82, 2.24) is 25.1 Å². The lowest BCUT2D eigenvalue weighted by Crippen LogP contribution is -2.52. The van der Waals surface area contributed by atoms with Crippen molar-refractivity contribution in [2.24, 2.45) is 0 Å². The van der Waals surface area contributed by atoms with Gasteiger partial charge in [-0.1, -0.05) is 30.3 Å². The third kappa shape index (κ3) is 3.57. The van der Waals surface area contributed by atoms with Crippen molar-refractivity contribution in [1.29, 1.82) is 0 Å². The van der Waals surface area contributed by atoms with Crippen LogP contribution >= 0.6 is 0 Å². The molecule has 0 radical (unpaired) electrons. The van der Waals surface area contributed by atoms with Crippen molar-refractivity contribution in [2.45, 2.75) is 37.8 Å². The van der Waals surface area contributed by atoms with Crippen molar-refractivity contribution < 1.29 is 19.8 Å². The molecule has 0 aliphatic carbocycles. The summed E-state index contributed by atoms with van der Waals surface area (Å²) in [5, 5.41) is 30.7. The molecule has 3 rings (SSSR count). The van der Waals surface area contributed by atoms with Gasteiger partial charge in [0.2, 0.25) is 5.91 Å². The Morgan fingerprint density at radius 3 is 2.42 bits per heavy atom. The quantitative estimate of drug-likeness (QED) is 0.782. The number of hydrogen-bond acceptors (Lipinski definition) is 6. The fourth-order valence-corrected chi connectivity index (χ4v) is 3.16.